The van der Waals surface area contributed by atoms with E-state index in [1.165, 1.54) is 4.70 Å². The van der Waals surface area contributed by atoms with Crippen LogP contribution in [0.25, 0.3) is 10.2 Å². The number of tetrazole rings is 1. The van der Waals surface area contributed by atoms with E-state index in [0.717, 1.165) is 48.1 Å². The van der Waals surface area contributed by atoms with Crippen LogP contribution in [0.2, 0.25) is 0 Å². The van der Waals surface area contributed by atoms with Gasteiger partial charge in [-0.05, 0) is 53.6 Å². The molecule has 0 N–H and O–H groups in total. The number of nitrogens with zero attached hydrogens (tertiary/aromatic N) is 7. The summed E-state index contributed by atoms with van der Waals surface area (Å²) in [4.78, 5) is 22.1. The van der Waals surface area contributed by atoms with Gasteiger partial charge < -0.3 is 9.80 Å². The first-order valence-electron chi connectivity index (χ1n) is 10.4. The van der Waals surface area contributed by atoms with E-state index in [9.17, 15) is 4.79 Å². The molecule has 2 aromatic heterocycles. The fraction of sp³-hybridized carbons (Fsp3) is 0.318. The molecule has 0 unspecified atom stereocenters. The molecule has 2 aromatic carbocycles. The summed E-state index contributed by atoms with van der Waals surface area (Å²) in [7, 11) is 0. The number of carbonyl (C=O) groups excluding carboxylic acids is 1. The molecule has 4 aromatic rings. The van der Waals surface area contributed by atoms with Gasteiger partial charge in [0.15, 0.2) is 5.13 Å². The number of anilines is 1. The van der Waals surface area contributed by atoms with Crippen LogP contribution < -0.4 is 4.90 Å². The number of amides is 1. The number of thiazole rings is 1. The summed E-state index contributed by atoms with van der Waals surface area (Å²) in [6, 6.07) is 16.0. The molecule has 1 saturated heterocycles. The fourth-order valence-electron chi connectivity index (χ4n) is 3.81. The van der Waals surface area contributed by atoms with Crippen molar-refractivity contribution in [1.82, 2.24) is 30.1 Å². The molecule has 0 atom stereocenters. The van der Waals surface area contributed by atoms with Crippen molar-refractivity contribution in [2.24, 2.45) is 0 Å². The second-order valence-corrected chi connectivity index (χ2v) is 8.69. The molecule has 1 amide bonds. The van der Waals surface area contributed by atoms with Crippen LogP contribution in [0.5, 0.6) is 0 Å². The zero-order valence-corrected chi connectivity index (χ0v) is 18.1. The second kappa shape index (κ2) is 8.43. The lowest BCUT2D eigenvalue weighted by atomic mass is 10.1. The molecule has 0 radical (unpaired) electrons. The van der Waals surface area contributed by atoms with Crippen molar-refractivity contribution in [2.45, 2.75) is 19.9 Å². The molecule has 8 nitrogen and oxygen atoms in total. The van der Waals surface area contributed by atoms with Gasteiger partial charge in [-0.15, -0.1) is 5.10 Å². The Morgan fingerprint density at radius 1 is 1.03 bits per heavy atom. The molecule has 0 bridgehead atoms. The van der Waals surface area contributed by atoms with Crippen molar-refractivity contribution < 1.29 is 4.79 Å². The van der Waals surface area contributed by atoms with Gasteiger partial charge in [0, 0.05) is 31.7 Å². The Morgan fingerprint density at radius 2 is 1.87 bits per heavy atom. The van der Waals surface area contributed by atoms with Crippen LogP contribution in [0.3, 0.4) is 0 Å². The average molecular weight is 434 g/mol. The number of fused-ring (bicyclic) bond motifs is 1. The minimum atomic E-state index is 0.0799. The van der Waals surface area contributed by atoms with Gasteiger partial charge in [0.2, 0.25) is 0 Å². The van der Waals surface area contributed by atoms with Crippen LogP contribution in [0.1, 0.15) is 28.2 Å². The number of aromatic nitrogens is 5. The summed E-state index contributed by atoms with van der Waals surface area (Å²) < 4.78 is 2.94. The standard InChI is InChI=1S/C22H23N7OS/c1-16-24-25-26-29(16)15-17-7-9-18(10-8-17)21(30)27-11-4-12-28(14-13-27)22-23-19-5-2-3-6-20(19)31-22/h2-3,5-10H,4,11-15H2,1H3. The number of rotatable bonds is 4. The Hall–Kier alpha value is -3.33. The topological polar surface area (TPSA) is 80.0 Å². The molecule has 3 heterocycles. The van der Waals surface area contributed by atoms with E-state index in [2.05, 4.69) is 26.5 Å². The molecule has 1 aliphatic heterocycles. The van der Waals surface area contributed by atoms with Gasteiger partial charge in [0.1, 0.15) is 5.82 Å². The SMILES string of the molecule is Cc1nnnn1Cc1ccc(C(=O)N2CCCN(c3nc4ccccc4s3)CC2)cc1. The number of carbonyl (C=O) groups is 1. The maximum Gasteiger partial charge on any atom is 0.253 e. The average Bonchev–Trinajstić information content (AvgIpc) is 3.32. The van der Waals surface area contributed by atoms with E-state index in [1.807, 2.05) is 54.3 Å². The van der Waals surface area contributed by atoms with Crippen molar-refractivity contribution in [3.05, 3.63) is 65.5 Å². The minimum absolute atomic E-state index is 0.0799. The lowest BCUT2D eigenvalue weighted by Crippen LogP contribution is -2.35. The Balaban J connectivity index is 1.24. The highest BCUT2D eigenvalue weighted by molar-refractivity contribution is 7.22. The number of para-hydroxylation sites is 1. The Morgan fingerprint density at radius 3 is 2.65 bits per heavy atom. The highest BCUT2D eigenvalue weighted by Gasteiger charge is 2.22. The number of aryl methyl sites for hydroxylation is 1. The first-order valence-corrected chi connectivity index (χ1v) is 11.2. The maximum atomic E-state index is 13.1. The van der Waals surface area contributed by atoms with Crippen molar-refractivity contribution in [2.75, 3.05) is 31.1 Å². The number of hydrogen-bond acceptors (Lipinski definition) is 7. The molecule has 31 heavy (non-hydrogen) atoms. The van der Waals surface area contributed by atoms with E-state index >= 15 is 0 Å². The third kappa shape index (κ3) is 4.13. The number of benzene rings is 2. The molecule has 0 saturated carbocycles. The highest BCUT2D eigenvalue weighted by atomic mass is 32.1. The molecular formula is C22H23N7OS. The largest absolute Gasteiger partial charge is 0.346 e. The third-order valence-corrected chi connectivity index (χ3v) is 6.68. The van der Waals surface area contributed by atoms with Crippen molar-refractivity contribution >= 4 is 32.6 Å². The van der Waals surface area contributed by atoms with Gasteiger partial charge in [-0.3, -0.25) is 4.79 Å². The normalized spacial score (nSPS) is 14.7. The van der Waals surface area contributed by atoms with E-state index < -0.39 is 0 Å². The summed E-state index contributed by atoms with van der Waals surface area (Å²) in [5.74, 6) is 0.846. The van der Waals surface area contributed by atoms with Crippen molar-refractivity contribution in [3.63, 3.8) is 0 Å². The first-order chi connectivity index (χ1) is 15.2. The maximum absolute atomic E-state index is 13.1. The zero-order valence-electron chi connectivity index (χ0n) is 17.3. The monoisotopic (exact) mass is 433 g/mol. The summed E-state index contributed by atoms with van der Waals surface area (Å²) >= 11 is 1.72. The van der Waals surface area contributed by atoms with E-state index in [-0.39, 0.29) is 5.91 Å². The molecule has 1 aliphatic rings. The lowest BCUT2D eigenvalue weighted by Gasteiger charge is -2.22. The molecule has 9 heteroatoms. The van der Waals surface area contributed by atoms with E-state index in [0.29, 0.717) is 18.7 Å². The third-order valence-electron chi connectivity index (χ3n) is 5.58. The second-order valence-electron chi connectivity index (χ2n) is 7.68. The van der Waals surface area contributed by atoms with E-state index in [4.69, 9.17) is 4.98 Å². The van der Waals surface area contributed by atoms with Gasteiger partial charge in [-0.2, -0.15) is 0 Å². The fourth-order valence-corrected chi connectivity index (χ4v) is 4.83. The molecule has 0 spiro atoms. The Bertz CT molecular complexity index is 1170. The zero-order chi connectivity index (χ0) is 21.2. The van der Waals surface area contributed by atoms with Gasteiger partial charge in [0.25, 0.3) is 5.91 Å². The summed E-state index contributed by atoms with van der Waals surface area (Å²) in [6.07, 6.45) is 0.929. The van der Waals surface area contributed by atoms with Gasteiger partial charge >= 0.3 is 0 Å². The van der Waals surface area contributed by atoms with Crippen LogP contribution in [0.4, 0.5) is 5.13 Å². The molecule has 5 rings (SSSR count). The Labute approximate surface area is 184 Å². The lowest BCUT2D eigenvalue weighted by molar-refractivity contribution is 0.0767. The van der Waals surface area contributed by atoms with Crippen molar-refractivity contribution in [1.29, 1.82) is 0 Å². The predicted molar refractivity (Wildman–Crippen MR) is 120 cm³/mol. The van der Waals surface area contributed by atoms with Crippen LogP contribution in [-0.4, -0.2) is 62.2 Å². The van der Waals surface area contributed by atoms with Gasteiger partial charge in [-0.1, -0.05) is 35.6 Å². The summed E-state index contributed by atoms with van der Waals surface area (Å²) in [5.41, 5.74) is 2.81. The Kier molecular flexibility index (Phi) is 5.33. The van der Waals surface area contributed by atoms with Gasteiger partial charge in [-0.25, -0.2) is 9.67 Å². The predicted octanol–water partition coefficient (Wildman–Crippen LogP) is 2.99. The summed E-state index contributed by atoms with van der Waals surface area (Å²) in [6.45, 7) is 5.62. The van der Waals surface area contributed by atoms with Gasteiger partial charge in [0.05, 0.1) is 16.8 Å². The van der Waals surface area contributed by atoms with Crippen LogP contribution in [0, 0.1) is 6.92 Å². The minimum Gasteiger partial charge on any atom is -0.346 e. The summed E-state index contributed by atoms with van der Waals surface area (Å²) in [5, 5.41) is 12.6. The molecule has 158 valence electrons. The van der Waals surface area contributed by atoms with E-state index in [1.54, 1.807) is 16.0 Å². The molecular weight excluding hydrogens is 410 g/mol. The first kappa shape index (κ1) is 19.6. The number of hydrogen-bond donors (Lipinski definition) is 0. The van der Waals surface area contributed by atoms with Crippen LogP contribution in [0.15, 0.2) is 48.5 Å². The highest BCUT2D eigenvalue weighted by Crippen LogP contribution is 2.29. The van der Waals surface area contributed by atoms with Crippen molar-refractivity contribution in [3.8, 4) is 0 Å². The smallest absolute Gasteiger partial charge is 0.253 e. The molecule has 1 fully saturated rings. The van der Waals surface area contributed by atoms with Crippen LogP contribution >= 0.6 is 11.3 Å². The van der Waals surface area contributed by atoms with Crippen LogP contribution in [-0.2, 0) is 6.54 Å². The molecule has 0 aliphatic carbocycles. The quantitative estimate of drug-likeness (QED) is 0.492.